The van der Waals surface area contributed by atoms with Gasteiger partial charge in [0.15, 0.2) is 0 Å². The number of carbonyl (C=O) groups excluding carboxylic acids is 2. The molecular weight excluding hydrogens is 338 g/mol. The van der Waals surface area contributed by atoms with Gasteiger partial charge in [-0.1, -0.05) is 42.0 Å². The first kappa shape index (κ1) is 16.7. The van der Waals surface area contributed by atoms with Gasteiger partial charge in [-0.25, -0.2) is 14.9 Å². The van der Waals surface area contributed by atoms with Crippen molar-refractivity contribution in [1.29, 1.82) is 0 Å². The molecule has 5 heteroatoms. The fraction of sp³-hybridized carbons (Fsp3) is 0.364. The number of hydrazine groups is 1. The van der Waals surface area contributed by atoms with Crippen LogP contribution in [0.25, 0.3) is 0 Å². The molecule has 0 unspecified atom stereocenters. The lowest BCUT2D eigenvalue weighted by atomic mass is 9.89. The highest BCUT2D eigenvalue weighted by Crippen LogP contribution is 2.48. The molecule has 27 heavy (non-hydrogen) atoms. The first-order chi connectivity index (χ1) is 13.1. The number of imide groups is 1. The third-order valence-electron chi connectivity index (χ3n) is 6.08. The summed E-state index contributed by atoms with van der Waals surface area (Å²) in [4.78, 5) is 28.2. The molecule has 0 aliphatic carbocycles. The van der Waals surface area contributed by atoms with Crippen LogP contribution in [0, 0.1) is 19.8 Å². The third kappa shape index (κ3) is 2.38. The van der Waals surface area contributed by atoms with Gasteiger partial charge in [0.05, 0.1) is 17.6 Å². The summed E-state index contributed by atoms with van der Waals surface area (Å²) >= 11 is 0. The first-order valence-electron chi connectivity index (χ1n) is 9.60. The van der Waals surface area contributed by atoms with Crippen molar-refractivity contribution in [2.45, 2.75) is 32.4 Å². The van der Waals surface area contributed by atoms with Crippen LogP contribution in [0.4, 0.5) is 5.69 Å². The zero-order chi connectivity index (χ0) is 18.7. The van der Waals surface area contributed by atoms with Crippen LogP contribution in [-0.4, -0.2) is 41.0 Å². The smallest absolute Gasteiger partial charge is 0.253 e. The maximum atomic E-state index is 13.4. The number of amides is 2. The Bertz CT molecular complexity index is 923. The summed E-state index contributed by atoms with van der Waals surface area (Å²) < 4.78 is 0. The van der Waals surface area contributed by atoms with Crippen molar-refractivity contribution in [3.8, 4) is 0 Å². The van der Waals surface area contributed by atoms with E-state index in [0.717, 1.165) is 30.6 Å². The fourth-order valence-electron chi connectivity index (χ4n) is 4.90. The van der Waals surface area contributed by atoms with Gasteiger partial charge in [-0.3, -0.25) is 9.59 Å². The first-order valence-corrected chi connectivity index (χ1v) is 9.60. The van der Waals surface area contributed by atoms with Gasteiger partial charge < -0.3 is 0 Å². The molecule has 3 atom stereocenters. The standard InChI is InChI=1S/C22H23N3O2/c1-14-7-9-16(10-8-14)19-18-20(24-12-4-11-23(19)24)22(27)25(21(18)26)17-6-3-5-15(2)13-17/h3,5-10,13,18-20H,4,11-12H2,1-2H3/t18-,19+,20+/m0/s1. The maximum Gasteiger partial charge on any atom is 0.253 e. The van der Waals surface area contributed by atoms with Crippen molar-refractivity contribution >= 4 is 17.5 Å². The van der Waals surface area contributed by atoms with Crippen molar-refractivity contribution in [2.75, 3.05) is 18.0 Å². The summed E-state index contributed by atoms with van der Waals surface area (Å²) in [6, 6.07) is 15.6. The topological polar surface area (TPSA) is 43.9 Å². The molecule has 3 aliphatic rings. The predicted molar refractivity (Wildman–Crippen MR) is 103 cm³/mol. The van der Waals surface area contributed by atoms with E-state index < -0.39 is 0 Å². The molecule has 5 nitrogen and oxygen atoms in total. The quantitative estimate of drug-likeness (QED) is 0.772. The van der Waals surface area contributed by atoms with E-state index in [-0.39, 0.29) is 29.8 Å². The lowest BCUT2D eigenvalue weighted by Gasteiger charge is -2.29. The van der Waals surface area contributed by atoms with E-state index in [1.165, 1.54) is 10.5 Å². The van der Waals surface area contributed by atoms with Crippen molar-refractivity contribution in [3.05, 3.63) is 65.2 Å². The molecule has 3 heterocycles. The van der Waals surface area contributed by atoms with Crippen LogP contribution in [0.1, 0.15) is 29.2 Å². The van der Waals surface area contributed by atoms with E-state index in [1.807, 2.05) is 31.2 Å². The Labute approximate surface area is 159 Å². The number of benzene rings is 2. The Hall–Kier alpha value is -2.50. The van der Waals surface area contributed by atoms with Crippen LogP contribution in [0.5, 0.6) is 0 Å². The van der Waals surface area contributed by atoms with Crippen LogP contribution in [0.3, 0.4) is 0 Å². The van der Waals surface area contributed by atoms with Gasteiger partial charge in [0, 0.05) is 13.1 Å². The minimum atomic E-state index is -0.383. The molecule has 0 bridgehead atoms. The average molecular weight is 361 g/mol. The summed E-state index contributed by atoms with van der Waals surface area (Å²) in [5, 5.41) is 4.40. The van der Waals surface area contributed by atoms with Crippen molar-refractivity contribution < 1.29 is 9.59 Å². The number of nitrogens with zero attached hydrogens (tertiary/aromatic N) is 3. The van der Waals surface area contributed by atoms with E-state index in [2.05, 4.69) is 41.2 Å². The van der Waals surface area contributed by atoms with E-state index in [1.54, 1.807) is 0 Å². The second-order valence-corrected chi connectivity index (χ2v) is 7.86. The highest BCUT2D eigenvalue weighted by molar-refractivity contribution is 6.24. The summed E-state index contributed by atoms with van der Waals surface area (Å²) in [6.07, 6.45) is 1.03. The zero-order valence-electron chi connectivity index (χ0n) is 15.6. The highest BCUT2D eigenvalue weighted by atomic mass is 16.2. The van der Waals surface area contributed by atoms with Crippen LogP contribution in [-0.2, 0) is 9.59 Å². The number of aryl methyl sites for hydroxylation is 2. The molecule has 0 spiro atoms. The number of carbonyl (C=O) groups is 2. The lowest BCUT2D eigenvalue weighted by Crippen LogP contribution is -2.44. The van der Waals surface area contributed by atoms with Gasteiger partial charge in [0.1, 0.15) is 6.04 Å². The van der Waals surface area contributed by atoms with E-state index in [9.17, 15) is 9.59 Å². The van der Waals surface area contributed by atoms with Crippen molar-refractivity contribution in [2.24, 2.45) is 5.92 Å². The number of anilines is 1. The van der Waals surface area contributed by atoms with Crippen molar-refractivity contribution in [3.63, 3.8) is 0 Å². The van der Waals surface area contributed by atoms with Gasteiger partial charge in [0.25, 0.3) is 5.91 Å². The molecule has 2 amide bonds. The molecule has 0 N–H and O–H groups in total. The molecule has 3 fully saturated rings. The average Bonchev–Trinajstić information content (AvgIpc) is 3.28. The Balaban J connectivity index is 1.59. The summed E-state index contributed by atoms with van der Waals surface area (Å²) in [5.74, 6) is -0.506. The predicted octanol–water partition coefficient (Wildman–Crippen LogP) is 2.84. The number of hydrogen-bond acceptors (Lipinski definition) is 4. The largest absolute Gasteiger partial charge is 0.274 e. The third-order valence-corrected chi connectivity index (χ3v) is 6.08. The second kappa shape index (κ2) is 6.01. The number of rotatable bonds is 2. The Kier molecular flexibility index (Phi) is 3.71. The number of fused-ring (bicyclic) bond motifs is 3. The van der Waals surface area contributed by atoms with Gasteiger partial charge >= 0.3 is 0 Å². The molecule has 3 aliphatic heterocycles. The minimum Gasteiger partial charge on any atom is -0.274 e. The van der Waals surface area contributed by atoms with E-state index in [4.69, 9.17) is 0 Å². The second-order valence-electron chi connectivity index (χ2n) is 7.86. The molecule has 0 saturated carbocycles. The molecular formula is C22H23N3O2. The monoisotopic (exact) mass is 361 g/mol. The van der Waals surface area contributed by atoms with Crippen LogP contribution in [0.2, 0.25) is 0 Å². The van der Waals surface area contributed by atoms with Gasteiger partial charge in [-0.2, -0.15) is 0 Å². The summed E-state index contributed by atoms with van der Waals surface area (Å²) in [6.45, 7) is 5.78. The molecule has 0 radical (unpaired) electrons. The molecule has 5 rings (SSSR count). The summed E-state index contributed by atoms with van der Waals surface area (Å²) in [7, 11) is 0. The maximum absolute atomic E-state index is 13.4. The summed E-state index contributed by atoms with van der Waals surface area (Å²) in [5.41, 5.74) is 4.05. The van der Waals surface area contributed by atoms with E-state index in [0.29, 0.717) is 5.69 Å². The molecule has 0 aromatic heterocycles. The molecule has 2 aromatic carbocycles. The SMILES string of the molecule is Cc1ccc([C@@H]2[C@@H]3C(=O)N(c4cccc(C)c4)C(=O)[C@@H]3N3CCCN23)cc1. The lowest BCUT2D eigenvalue weighted by molar-refractivity contribution is -0.126. The highest BCUT2D eigenvalue weighted by Gasteiger charge is 2.62. The Morgan fingerprint density at radius 3 is 2.22 bits per heavy atom. The molecule has 3 saturated heterocycles. The minimum absolute atomic E-state index is 0.0654. The zero-order valence-corrected chi connectivity index (χ0v) is 15.6. The Morgan fingerprint density at radius 2 is 1.52 bits per heavy atom. The Morgan fingerprint density at radius 1 is 0.815 bits per heavy atom. The number of hydrogen-bond donors (Lipinski definition) is 0. The molecule has 138 valence electrons. The molecule has 2 aromatic rings. The van der Waals surface area contributed by atoms with Gasteiger partial charge in [-0.05, 0) is 43.5 Å². The van der Waals surface area contributed by atoms with E-state index >= 15 is 0 Å². The van der Waals surface area contributed by atoms with Crippen LogP contribution < -0.4 is 4.90 Å². The van der Waals surface area contributed by atoms with Gasteiger partial charge in [0.2, 0.25) is 5.91 Å². The van der Waals surface area contributed by atoms with Crippen molar-refractivity contribution in [1.82, 2.24) is 10.0 Å². The fourth-order valence-corrected chi connectivity index (χ4v) is 4.90. The van der Waals surface area contributed by atoms with Crippen LogP contribution >= 0.6 is 0 Å². The normalized spacial score (nSPS) is 28.1. The van der Waals surface area contributed by atoms with Crippen LogP contribution in [0.15, 0.2) is 48.5 Å². The van der Waals surface area contributed by atoms with Gasteiger partial charge in [-0.15, -0.1) is 0 Å².